The van der Waals surface area contributed by atoms with Crippen molar-refractivity contribution in [1.29, 1.82) is 0 Å². The molecule has 0 spiro atoms. The zero-order valence-corrected chi connectivity index (χ0v) is 15.2. The minimum atomic E-state index is -4.06. The molecule has 0 aliphatic carbocycles. The summed E-state index contributed by atoms with van der Waals surface area (Å²) >= 11 is 11.8. The van der Waals surface area contributed by atoms with Gasteiger partial charge in [0.25, 0.3) is 15.0 Å². The van der Waals surface area contributed by atoms with Crippen LogP contribution in [0, 0.1) is 0 Å². The van der Waals surface area contributed by atoms with Crippen molar-refractivity contribution in [2.24, 2.45) is 0 Å². The van der Waals surface area contributed by atoms with E-state index >= 15 is 0 Å². The normalized spacial score (nSPS) is 12.3. The first-order chi connectivity index (χ1) is 9.41. The standard InChI is InChI=1S/C13H16Cl3NO3S/c1-5-13(2,3)17(4)12(18)8-6-11(21(16,19)20)10(15)7-9(8)14/h6-7H,5H2,1-4H3. The SMILES string of the molecule is CCC(C)(C)N(C)C(=O)c1cc(S(=O)(=O)Cl)c(Cl)cc1Cl. The van der Waals surface area contributed by atoms with E-state index in [1.807, 2.05) is 20.8 Å². The Morgan fingerprint density at radius 2 is 1.76 bits per heavy atom. The fraction of sp³-hybridized carbons (Fsp3) is 0.462. The number of rotatable bonds is 4. The van der Waals surface area contributed by atoms with Gasteiger partial charge in [0, 0.05) is 23.3 Å². The third-order valence-electron chi connectivity index (χ3n) is 3.59. The van der Waals surface area contributed by atoms with Crippen LogP contribution in [0.2, 0.25) is 10.0 Å². The van der Waals surface area contributed by atoms with Gasteiger partial charge in [0.15, 0.2) is 0 Å². The average Bonchev–Trinajstić information content (AvgIpc) is 2.35. The first kappa shape index (κ1) is 18.6. The minimum Gasteiger partial charge on any atom is -0.337 e. The first-order valence-electron chi connectivity index (χ1n) is 6.13. The van der Waals surface area contributed by atoms with Gasteiger partial charge >= 0.3 is 0 Å². The molecule has 0 fully saturated rings. The summed E-state index contributed by atoms with van der Waals surface area (Å²) < 4.78 is 23.0. The molecule has 21 heavy (non-hydrogen) atoms. The fourth-order valence-corrected chi connectivity index (χ4v) is 3.39. The summed E-state index contributed by atoms with van der Waals surface area (Å²) in [5.41, 5.74) is -0.357. The topological polar surface area (TPSA) is 54.5 Å². The molecule has 4 nitrogen and oxygen atoms in total. The highest BCUT2D eigenvalue weighted by Gasteiger charge is 2.29. The van der Waals surface area contributed by atoms with Gasteiger partial charge < -0.3 is 4.90 Å². The Hall–Kier alpha value is -0.490. The maximum Gasteiger partial charge on any atom is 0.262 e. The zero-order valence-electron chi connectivity index (χ0n) is 12.1. The third-order valence-corrected chi connectivity index (χ3v) is 5.69. The highest BCUT2D eigenvalue weighted by atomic mass is 35.7. The molecule has 0 atom stereocenters. The van der Waals surface area contributed by atoms with E-state index in [0.29, 0.717) is 0 Å². The van der Waals surface area contributed by atoms with Crippen molar-refractivity contribution in [3.05, 3.63) is 27.7 Å². The van der Waals surface area contributed by atoms with Gasteiger partial charge in [0.05, 0.1) is 15.6 Å². The van der Waals surface area contributed by atoms with Gasteiger partial charge in [0.1, 0.15) is 4.90 Å². The maximum atomic E-state index is 12.5. The molecule has 0 N–H and O–H groups in total. The lowest BCUT2D eigenvalue weighted by molar-refractivity contribution is 0.0620. The number of amides is 1. The second-order valence-electron chi connectivity index (χ2n) is 5.23. The summed E-state index contributed by atoms with van der Waals surface area (Å²) in [5, 5.41) is -0.0447. The third kappa shape index (κ3) is 4.03. The van der Waals surface area contributed by atoms with Gasteiger partial charge in [-0.1, -0.05) is 30.1 Å². The number of hydrogen-bond acceptors (Lipinski definition) is 3. The van der Waals surface area contributed by atoms with Crippen molar-refractivity contribution < 1.29 is 13.2 Å². The van der Waals surface area contributed by atoms with Gasteiger partial charge in [-0.15, -0.1) is 0 Å². The Balaban J connectivity index is 3.41. The molecule has 0 aromatic heterocycles. The largest absolute Gasteiger partial charge is 0.337 e. The Morgan fingerprint density at radius 3 is 2.19 bits per heavy atom. The van der Waals surface area contributed by atoms with Crippen LogP contribution in [0.4, 0.5) is 0 Å². The second kappa shape index (κ2) is 6.32. The van der Waals surface area contributed by atoms with Crippen LogP contribution in [-0.2, 0) is 9.05 Å². The molecule has 0 heterocycles. The molecule has 0 radical (unpaired) electrons. The summed E-state index contributed by atoms with van der Waals surface area (Å²) in [6.07, 6.45) is 0.723. The average molecular weight is 373 g/mol. The smallest absolute Gasteiger partial charge is 0.262 e. The highest BCUT2D eigenvalue weighted by Crippen LogP contribution is 2.32. The van der Waals surface area contributed by atoms with E-state index in [2.05, 4.69) is 0 Å². The maximum absolute atomic E-state index is 12.5. The van der Waals surface area contributed by atoms with Crippen LogP contribution in [0.1, 0.15) is 37.6 Å². The van der Waals surface area contributed by atoms with Crippen LogP contribution in [0.25, 0.3) is 0 Å². The summed E-state index contributed by atoms with van der Waals surface area (Å²) in [5.74, 6) is -0.398. The van der Waals surface area contributed by atoms with E-state index in [4.69, 9.17) is 33.9 Å². The number of benzene rings is 1. The number of nitrogens with zero attached hydrogens (tertiary/aromatic N) is 1. The van der Waals surface area contributed by atoms with Crippen LogP contribution < -0.4 is 0 Å². The van der Waals surface area contributed by atoms with Crippen molar-refractivity contribution in [2.75, 3.05) is 7.05 Å². The molecule has 1 aromatic carbocycles. The van der Waals surface area contributed by atoms with E-state index in [1.54, 1.807) is 7.05 Å². The van der Waals surface area contributed by atoms with Gasteiger partial charge in [-0.25, -0.2) is 8.42 Å². The monoisotopic (exact) mass is 371 g/mol. The molecule has 1 aromatic rings. The fourth-order valence-electron chi connectivity index (χ4n) is 1.57. The van der Waals surface area contributed by atoms with E-state index in [9.17, 15) is 13.2 Å². The molecule has 0 aliphatic heterocycles. The molecule has 0 saturated carbocycles. The quantitative estimate of drug-likeness (QED) is 0.745. The zero-order chi connectivity index (χ0) is 16.6. The van der Waals surface area contributed by atoms with Crippen LogP contribution in [0.5, 0.6) is 0 Å². The molecule has 0 unspecified atom stereocenters. The molecular weight excluding hydrogens is 357 g/mol. The molecular formula is C13H16Cl3NO3S. The molecule has 0 bridgehead atoms. The highest BCUT2D eigenvalue weighted by molar-refractivity contribution is 8.13. The van der Waals surface area contributed by atoms with Gasteiger partial charge in [-0.3, -0.25) is 4.79 Å². The Kier molecular flexibility index (Phi) is 5.59. The van der Waals surface area contributed by atoms with E-state index in [0.717, 1.165) is 12.5 Å². The van der Waals surface area contributed by atoms with Crippen molar-refractivity contribution in [2.45, 2.75) is 37.6 Å². The number of hydrogen-bond donors (Lipinski definition) is 0. The van der Waals surface area contributed by atoms with E-state index in [-0.39, 0.29) is 20.5 Å². The van der Waals surface area contributed by atoms with Gasteiger partial charge in [-0.05, 0) is 32.4 Å². The lowest BCUT2D eigenvalue weighted by atomic mass is 9.99. The van der Waals surface area contributed by atoms with Crippen LogP contribution in [0.15, 0.2) is 17.0 Å². The summed E-state index contributed by atoms with van der Waals surface area (Å²) in [6, 6.07) is 2.32. The van der Waals surface area contributed by atoms with Crippen molar-refractivity contribution in [3.63, 3.8) is 0 Å². The second-order valence-corrected chi connectivity index (χ2v) is 8.58. The van der Waals surface area contributed by atoms with Crippen LogP contribution in [-0.4, -0.2) is 31.8 Å². The lowest BCUT2D eigenvalue weighted by Gasteiger charge is -2.35. The summed E-state index contributed by atoms with van der Waals surface area (Å²) in [4.78, 5) is 13.7. The first-order valence-corrected chi connectivity index (χ1v) is 9.20. The Labute approximate surface area is 139 Å². The van der Waals surface area contributed by atoms with E-state index in [1.165, 1.54) is 11.0 Å². The van der Waals surface area contributed by atoms with Crippen molar-refractivity contribution in [1.82, 2.24) is 4.90 Å². The molecule has 1 rings (SSSR count). The molecule has 0 aliphatic rings. The lowest BCUT2D eigenvalue weighted by Crippen LogP contribution is -2.44. The Bertz CT molecular complexity index is 671. The predicted octanol–water partition coefficient (Wildman–Crippen LogP) is 4.18. The van der Waals surface area contributed by atoms with Crippen molar-refractivity contribution >= 4 is 48.8 Å². The molecule has 8 heteroatoms. The number of carbonyl (C=O) groups is 1. The Morgan fingerprint density at radius 1 is 1.24 bits per heavy atom. The van der Waals surface area contributed by atoms with Gasteiger partial charge in [0.2, 0.25) is 0 Å². The van der Waals surface area contributed by atoms with Crippen molar-refractivity contribution in [3.8, 4) is 0 Å². The van der Waals surface area contributed by atoms with Crippen LogP contribution >= 0.6 is 33.9 Å². The molecule has 118 valence electrons. The predicted molar refractivity (Wildman–Crippen MR) is 86.0 cm³/mol. The molecule has 0 saturated heterocycles. The van der Waals surface area contributed by atoms with Gasteiger partial charge in [-0.2, -0.15) is 0 Å². The summed E-state index contributed by atoms with van der Waals surface area (Å²) in [6.45, 7) is 5.74. The number of halogens is 3. The summed E-state index contributed by atoms with van der Waals surface area (Å²) in [7, 11) is 2.88. The molecule has 1 amide bonds. The van der Waals surface area contributed by atoms with Crippen LogP contribution in [0.3, 0.4) is 0 Å². The minimum absolute atomic E-state index is 0.0457. The number of carbonyl (C=O) groups excluding carboxylic acids is 1. The van der Waals surface area contributed by atoms with E-state index < -0.39 is 20.5 Å².